The molecule has 1 atom stereocenters. The normalized spacial score (nSPS) is 12.2. The summed E-state index contributed by atoms with van der Waals surface area (Å²) in [5.74, 6) is -0.902. The second kappa shape index (κ2) is 4.91. The van der Waals surface area contributed by atoms with Gasteiger partial charge in [0.1, 0.15) is 5.82 Å². The van der Waals surface area contributed by atoms with Crippen LogP contribution >= 0.6 is 11.6 Å². The molecule has 1 N–H and O–H groups in total. The van der Waals surface area contributed by atoms with E-state index in [0.717, 1.165) is 12.3 Å². The van der Waals surface area contributed by atoms with Gasteiger partial charge in [0, 0.05) is 18.1 Å². The Hall–Kier alpha value is -1.16. The third kappa shape index (κ3) is 3.30. The van der Waals surface area contributed by atoms with Crippen LogP contribution in [0.5, 0.6) is 0 Å². The number of alkyl halides is 1. The monoisotopic (exact) mass is 216 g/mol. The second-order valence-corrected chi connectivity index (χ2v) is 3.63. The first-order valence-electron chi connectivity index (χ1n) is 4.12. The molecule has 0 aliphatic rings. The number of amides is 1. The first-order chi connectivity index (χ1) is 6.59. The van der Waals surface area contributed by atoms with Gasteiger partial charge in [0.05, 0.1) is 11.8 Å². The molecule has 3 nitrogen and oxygen atoms in total. The average Bonchev–Trinajstić information content (AvgIpc) is 2.14. The van der Waals surface area contributed by atoms with E-state index in [1.54, 1.807) is 6.92 Å². The van der Waals surface area contributed by atoms with Crippen LogP contribution in [0.2, 0.25) is 0 Å². The van der Waals surface area contributed by atoms with E-state index in [-0.39, 0.29) is 16.8 Å². The van der Waals surface area contributed by atoms with Gasteiger partial charge < -0.3 is 5.32 Å². The summed E-state index contributed by atoms with van der Waals surface area (Å²) in [6.45, 7) is 2.10. The van der Waals surface area contributed by atoms with Crippen LogP contribution in [-0.4, -0.2) is 22.8 Å². The molecule has 0 aliphatic heterocycles. The van der Waals surface area contributed by atoms with Crippen molar-refractivity contribution in [2.24, 2.45) is 0 Å². The number of hydrogen-bond donors (Lipinski definition) is 1. The SMILES string of the molecule is CC(Cl)CNC(=O)c1cncc(F)c1. The number of aromatic nitrogens is 1. The summed E-state index contributed by atoms with van der Waals surface area (Å²) < 4.78 is 12.7. The van der Waals surface area contributed by atoms with Gasteiger partial charge in [-0.15, -0.1) is 11.6 Å². The average molecular weight is 217 g/mol. The van der Waals surface area contributed by atoms with Gasteiger partial charge >= 0.3 is 0 Å². The fourth-order valence-corrected chi connectivity index (χ4v) is 0.949. The molecule has 0 aliphatic carbocycles. The molecule has 1 amide bonds. The maximum absolute atomic E-state index is 12.7. The van der Waals surface area contributed by atoms with Crippen LogP contribution in [0.3, 0.4) is 0 Å². The molecule has 76 valence electrons. The lowest BCUT2D eigenvalue weighted by Crippen LogP contribution is -2.28. The molecule has 0 bridgehead atoms. The van der Waals surface area contributed by atoms with E-state index in [1.807, 2.05) is 0 Å². The predicted molar refractivity (Wildman–Crippen MR) is 51.8 cm³/mol. The van der Waals surface area contributed by atoms with Crippen LogP contribution in [0.15, 0.2) is 18.5 Å². The Balaban J connectivity index is 2.61. The molecular weight excluding hydrogens is 207 g/mol. The quantitative estimate of drug-likeness (QED) is 0.780. The van der Waals surface area contributed by atoms with Crippen LogP contribution in [0.25, 0.3) is 0 Å². The van der Waals surface area contributed by atoms with Crippen molar-refractivity contribution in [3.8, 4) is 0 Å². The number of hydrogen-bond acceptors (Lipinski definition) is 2. The van der Waals surface area contributed by atoms with E-state index in [2.05, 4.69) is 10.3 Å². The van der Waals surface area contributed by atoms with Crippen LogP contribution in [0, 0.1) is 5.82 Å². The Morgan fingerprint density at radius 2 is 2.43 bits per heavy atom. The first kappa shape index (κ1) is 10.9. The van der Waals surface area contributed by atoms with Crippen molar-refractivity contribution in [2.75, 3.05) is 6.54 Å². The highest BCUT2D eigenvalue weighted by molar-refractivity contribution is 6.20. The summed E-state index contributed by atoms with van der Waals surface area (Å²) >= 11 is 5.64. The van der Waals surface area contributed by atoms with E-state index in [9.17, 15) is 9.18 Å². The number of nitrogens with zero attached hydrogens (tertiary/aromatic N) is 1. The lowest BCUT2D eigenvalue weighted by Gasteiger charge is -2.05. The van der Waals surface area contributed by atoms with Gasteiger partial charge in [0.2, 0.25) is 0 Å². The van der Waals surface area contributed by atoms with E-state index >= 15 is 0 Å². The van der Waals surface area contributed by atoms with E-state index in [4.69, 9.17) is 11.6 Å². The molecule has 0 saturated carbocycles. The molecule has 0 fully saturated rings. The molecule has 5 heteroatoms. The molecule has 1 rings (SSSR count). The van der Waals surface area contributed by atoms with Crippen molar-refractivity contribution >= 4 is 17.5 Å². The third-order valence-corrected chi connectivity index (χ3v) is 1.67. The van der Waals surface area contributed by atoms with Crippen LogP contribution in [0.1, 0.15) is 17.3 Å². The van der Waals surface area contributed by atoms with Gasteiger partial charge in [-0.3, -0.25) is 9.78 Å². The molecular formula is C9H10ClFN2O. The Morgan fingerprint density at radius 3 is 3.00 bits per heavy atom. The maximum Gasteiger partial charge on any atom is 0.253 e. The second-order valence-electron chi connectivity index (χ2n) is 2.88. The van der Waals surface area contributed by atoms with E-state index < -0.39 is 5.82 Å². The number of rotatable bonds is 3. The zero-order chi connectivity index (χ0) is 10.6. The van der Waals surface area contributed by atoms with Gasteiger partial charge in [-0.2, -0.15) is 0 Å². The zero-order valence-electron chi connectivity index (χ0n) is 7.63. The van der Waals surface area contributed by atoms with Crippen molar-refractivity contribution < 1.29 is 9.18 Å². The number of pyridine rings is 1. The van der Waals surface area contributed by atoms with E-state index in [0.29, 0.717) is 6.54 Å². The van der Waals surface area contributed by atoms with Crippen molar-refractivity contribution in [3.63, 3.8) is 0 Å². The highest BCUT2D eigenvalue weighted by Crippen LogP contribution is 2.00. The Morgan fingerprint density at radius 1 is 1.71 bits per heavy atom. The van der Waals surface area contributed by atoms with Crippen molar-refractivity contribution in [1.29, 1.82) is 0 Å². The van der Waals surface area contributed by atoms with Crippen molar-refractivity contribution in [2.45, 2.75) is 12.3 Å². The lowest BCUT2D eigenvalue weighted by molar-refractivity contribution is 0.0953. The Kier molecular flexibility index (Phi) is 3.83. The van der Waals surface area contributed by atoms with Crippen LogP contribution in [-0.2, 0) is 0 Å². The van der Waals surface area contributed by atoms with Gasteiger partial charge in [-0.05, 0) is 13.0 Å². The minimum atomic E-state index is -0.531. The number of carbonyl (C=O) groups is 1. The Labute approximate surface area is 86.3 Å². The van der Waals surface area contributed by atoms with Crippen molar-refractivity contribution in [1.82, 2.24) is 10.3 Å². The summed E-state index contributed by atoms with van der Waals surface area (Å²) in [4.78, 5) is 14.9. The molecule has 0 spiro atoms. The largest absolute Gasteiger partial charge is 0.351 e. The molecule has 0 radical (unpaired) electrons. The van der Waals surface area contributed by atoms with Gasteiger partial charge in [0.15, 0.2) is 0 Å². The van der Waals surface area contributed by atoms with Crippen LogP contribution in [0.4, 0.5) is 4.39 Å². The number of nitrogens with one attached hydrogen (secondary N) is 1. The third-order valence-electron chi connectivity index (χ3n) is 1.51. The highest BCUT2D eigenvalue weighted by atomic mass is 35.5. The molecule has 0 saturated heterocycles. The summed E-state index contributed by atoms with van der Waals surface area (Å²) in [5.41, 5.74) is 0.197. The maximum atomic E-state index is 12.7. The fraction of sp³-hybridized carbons (Fsp3) is 0.333. The standard InChI is InChI=1S/C9H10ClFN2O/c1-6(10)3-13-9(14)7-2-8(11)5-12-4-7/h2,4-6H,3H2,1H3,(H,13,14). The minimum absolute atomic E-state index is 0.152. The zero-order valence-corrected chi connectivity index (χ0v) is 8.38. The smallest absolute Gasteiger partial charge is 0.253 e. The lowest BCUT2D eigenvalue weighted by atomic mass is 10.2. The van der Waals surface area contributed by atoms with Gasteiger partial charge in [0.25, 0.3) is 5.91 Å². The Bertz CT molecular complexity index is 330. The topological polar surface area (TPSA) is 42.0 Å². The first-order valence-corrected chi connectivity index (χ1v) is 4.56. The van der Waals surface area contributed by atoms with Gasteiger partial charge in [-0.25, -0.2) is 4.39 Å². The highest BCUT2D eigenvalue weighted by Gasteiger charge is 2.07. The summed E-state index contributed by atoms with van der Waals surface area (Å²) in [7, 11) is 0. The number of halogens is 2. The minimum Gasteiger partial charge on any atom is -0.351 e. The van der Waals surface area contributed by atoms with Crippen molar-refractivity contribution in [3.05, 3.63) is 29.8 Å². The molecule has 1 aromatic rings. The summed E-state index contributed by atoms with van der Waals surface area (Å²) in [6, 6.07) is 1.13. The van der Waals surface area contributed by atoms with Gasteiger partial charge in [-0.1, -0.05) is 0 Å². The van der Waals surface area contributed by atoms with E-state index in [1.165, 1.54) is 6.20 Å². The summed E-state index contributed by atoms with van der Waals surface area (Å²) in [5, 5.41) is 2.40. The molecule has 1 unspecified atom stereocenters. The predicted octanol–water partition coefficient (Wildman–Crippen LogP) is 1.58. The molecule has 0 aromatic carbocycles. The summed E-state index contributed by atoms with van der Waals surface area (Å²) in [6.07, 6.45) is 2.35. The molecule has 14 heavy (non-hydrogen) atoms. The number of carbonyl (C=O) groups excluding carboxylic acids is 1. The fourth-order valence-electron chi connectivity index (χ4n) is 0.871. The van der Waals surface area contributed by atoms with Crippen LogP contribution < -0.4 is 5.32 Å². The molecule has 1 heterocycles. The molecule has 1 aromatic heterocycles.